The van der Waals surface area contributed by atoms with Gasteiger partial charge in [-0.3, -0.25) is 9.69 Å². The molecule has 150 valence electrons. The number of nitrogens with zero attached hydrogens (tertiary/aromatic N) is 4. The van der Waals surface area contributed by atoms with Crippen molar-refractivity contribution in [2.24, 2.45) is 0 Å². The van der Waals surface area contributed by atoms with Crippen LogP contribution in [0.5, 0.6) is 5.75 Å². The summed E-state index contributed by atoms with van der Waals surface area (Å²) in [5.74, 6) is 1.97. The normalized spacial score (nSPS) is 13.9. The quantitative estimate of drug-likeness (QED) is 0.665. The lowest BCUT2D eigenvalue weighted by Crippen LogP contribution is -2.35. The number of carbonyl (C=O) groups is 1. The van der Waals surface area contributed by atoms with Gasteiger partial charge in [-0.15, -0.1) is 0 Å². The highest BCUT2D eigenvalue weighted by molar-refractivity contribution is 5.97. The maximum Gasteiger partial charge on any atom is 0.254 e. The Morgan fingerprint density at radius 2 is 1.79 bits per heavy atom. The van der Waals surface area contributed by atoms with Crippen LogP contribution in [-0.2, 0) is 16.1 Å². The third kappa shape index (κ3) is 4.14. The lowest BCUT2D eigenvalue weighted by atomic mass is 10.2. The van der Waals surface area contributed by atoms with Crippen molar-refractivity contribution >= 4 is 28.6 Å². The van der Waals surface area contributed by atoms with E-state index < -0.39 is 0 Å². The van der Waals surface area contributed by atoms with Crippen molar-refractivity contribution in [3.63, 3.8) is 0 Å². The molecule has 0 saturated heterocycles. The van der Waals surface area contributed by atoms with Crippen LogP contribution in [0.2, 0.25) is 0 Å². The van der Waals surface area contributed by atoms with Gasteiger partial charge in [-0.2, -0.15) is 0 Å². The van der Waals surface area contributed by atoms with Crippen molar-refractivity contribution in [1.82, 2.24) is 9.97 Å². The number of amides is 1. The summed E-state index contributed by atoms with van der Waals surface area (Å²) in [6.07, 6.45) is 0.840. The third-order valence-corrected chi connectivity index (χ3v) is 4.96. The number of para-hydroxylation sites is 2. The number of hydrogen-bond acceptors (Lipinski definition) is 6. The first-order chi connectivity index (χ1) is 14.2. The van der Waals surface area contributed by atoms with E-state index in [4.69, 9.17) is 19.4 Å². The number of aromatic nitrogens is 2. The van der Waals surface area contributed by atoms with E-state index in [0.29, 0.717) is 19.0 Å². The first-order valence-electron chi connectivity index (χ1n) is 9.64. The van der Waals surface area contributed by atoms with Gasteiger partial charge in [0.25, 0.3) is 5.91 Å². The summed E-state index contributed by atoms with van der Waals surface area (Å²) in [7, 11) is 3.61. The number of benzene rings is 2. The summed E-state index contributed by atoms with van der Waals surface area (Å²) in [5.41, 5.74) is 2.55. The van der Waals surface area contributed by atoms with Crippen LogP contribution >= 0.6 is 0 Å². The van der Waals surface area contributed by atoms with E-state index in [2.05, 4.69) is 4.90 Å². The van der Waals surface area contributed by atoms with E-state index in [1.165, 1.54) is 0 Å². The number of carbonyl (C=O) groups excluding carboxylic acids is 1. The summed E-state index contributed by atoms with van der Waals surface area (Å²) in [5, 5.41) is 0. The van der Waals surface area contributed by atoms with Gasteiger partial charge in [-0.1, -0.05) is 24.3 Å². The van der Waals surface area contributed by atoms with Gasteiger partial charge < -0.3 is 14.4 Å². The van der Waals surface area contributed by atoms with Gasteiger partial charge >= 0.3 is 0 Å². The smallest absolute Gasteiger partial charge is 0.254 e. The first-order valence-corrected chi connectivity index (χ1v) is 9.64. The maximum atomic E-state index is 13.0. The summed E-state index contributed by atoms with van der Waals surface area (Å²) in [6.45, 7) is 1.72. The summed E-state index contributed by atoms with van der Waals surface area (Å²) in [4.78, 5) is 26.2. The van der Waals surface area contributed by atoms with Crippen LogP contribution < -0.4 is 14.5 Å². The molecular weight excluding hydrogens is 368 g/mol. The number of methoxy groups -OCH3 is 1. The maximum absolute atomic E-state index is 13.0. The lowest BCUT2D eigenvalue weighted by molar-refractivity contribution is -0.123. The van der Waals surface area contributed by atoms with Crippen LogP contribution in [0.15, 0.2) is 48.5 Å². The lowest BCUT2D eigenvalue weighted by Gasteiger charge is -2.22. The number of rotatable bonds is 5. The molecule has 0 atom stereocenters. The predicted octanol–water partition coefficient (Wildman–Crippen LogP) is 3.03. The van der Waals surface area contributed by atoms with Gasteiger partial charge in [0.2, 0.25) is 0 Å². The van der Waals surface area contributed by atoms with Crippen LogP contribution in [0, 0.1) is 0 Å². The number of hydrogen-bond donors (Lipinski definition) is 0. The average Bonchev–Trinajstić information content (AvgIpc) is 2.91. The molecule has 0 fully saturated rings. The summed E-state index contributed by atoms with van der Waals surface area (Å²) >= 11 is 0. The molecule has 1 amide bonds. The minimum Gasteiger partial charge on any atom is -0.497 e. The van der Waals surface area contributed by atoms with Crippen molar-refractivity contribution in [2.75, 3.05) is 43.7 Å². The number of anilines is 2. The zero-order valence-corrected chi connectivity index (χ0v) is 16.7. The van der Waals surface area contributed by atoms with E-state index in [1.54, 1.807) is 12.0 Å². The van der Waals surface area contributed by atoms with Crippen molar-refractivity contribution in [3.8, 4) is 5.75 Å². The van der Waals surface area contributed by atoms with Gasteiger partial charge in [0.1, 0.15) is 12.4 Å². The molecule has 1 aromatic heterocycles. The molecule has 7 nitrogen and oxygen atoms in total. The third-order valence-electron chi connectivity index (χ3n) is 4.96. The Hall–Kier alpha value is -3.19. The first kappa shape index (κ1) is 19.1. The zero-order valence-electron chi connectivity index (χ0n) is 16.7. The highest BCUT2D eigenvalue weighted by atomic mass is 16.5. The number of fused-ring (bicyclic) bond motifs is 2. The van der Waals surface area contributed by atoms with Crippen molar-refractivity contribution in [1.29, 1.82) is 0 Å². The second-order valence-electron chi connectivity index (χ2n) is 7.02. The standard InChI is InChI=1S/C22H24N4O3/c1-25-11-6-12-26(22-21(25)23-18-9-3-4-10-19(18)24-22)20(27)15-29-14-16-7-5-8-17(13-16)28-2/h3-5,7-10,13H,6,11-12,14-15H2,1-2H3. The second kappa shape index (κ2) is 8.45. The van der Waals surface area contributed by atoms with E-state index in [0.717, 1.165) is 41.1 Å². The largest absolute Gasteiger partial charge is 0.497 e. The Bertz CT molecular complexity index is 1020. The van der Waals surface area contributed by atoms with Crippen LogP contribution in [0.1, 0.15) is 12.0 Å². The molecule has 0 radical (unpaired) electrons. The Balaban J connectivity index is 1.52. The molecular formula is C22H24N4O3. The molecule has 0 aliphatic carbocycles. The van der Waals surface area contributed by atoms with Gasteiger partial charge in [-0.25, -0.2) is 9.97 Å². The molecule has 0 unspecified atom stereocenters. The molecule has 3 aromatic rings. The fraction of sp³-hybridized carbons (Fsp3) is 0.318. The van der Waals surface area contributed by atoms with Gasteiger partial charge in [0.15, 0.2) is 11.6 Å². The fourth-order valence-corrected chi connectivity index (χ4v) is 3.44. The monoisotopic (exact) mass is 392 g/mol. The zero-order chi connectivity index (χ0) is 20.2. The molecule has 0 bridgehead atoms. The number of ether oxygens (including phenoxy) is 2. The molecule has 0 N–H and O–H groups in total. The van der Waals surface area contributed by atoms with Gasteiger partial charge in [-0.05, 0) is 36.2 Å². The molecule has 7 heteroatoms. The second-order valence-corrected chi connectivity index (χ2v) is 7.02. The van der Waals surface area contributed by atoms with Crippen LogP contribution in [0.25, 0.3) is 11.0 Å². The summed E-state index contributed by atoms with van der Waals surface area (Å²) < 4.78 is 10.9. The molecule has 4 rings (SSSR count). The van der Waals surface area contributed by atoms with Crippen molar-refractivity contribution < 1.29 is 14.3 Å². The predicted molar refractivity (Wildman–Crippen MR) is 112 cm³/mol. The SMILES string of the molecule is COc1cccc(COCC(=O)N2CCCN(C)c3nc4ccccc4nc32)c1. The Morgan fingerprint density at radius 3 is 2.55 bits per heavy atom. The highest BCUT2D eigenvalue weighted by Gasteiger charge is 2.26. The van der Waals surface area contributed by atoms with Crippen molar-refractivity contribution in [2.45, 2.75) is 13.0 Å². The topological polar surface area (TPSA) is 67.8 Å². The molecule has 2 heterocycles. The van der Waals surface area contributed by atoms with Crippen LogP contribution in [0.4, 0.5) is 11.6 Å². The molecule has 1 aliphatic heterocycles. The minimum absolute atomic E-state index is 0.0190. The Morgan fingerprint density at radius 1 is 1.03 bits per heavy atom. The average molecular weight is 392 g/mol. The van der Waals surface area contributed by atoms with E-state index >= 15 is 0 Å². The minimum atomic E-state index is -0.117. The molecule has 0 saturated carbocycles. The van der Waals surface area contributed by atoms with Gasteiger partial charge in [0, 0.05) is 20.1 Å². The highest BCUT2D eigenvalue weighted by Crippen LogP contribution is 2.30. The molecule has 1 aliphatic rings. The molecule has 0 spiro atoms. The van der Waals surface area contributed by atoms with E-state index in [1.807, 2.05) is 55.6 Å². The summed E-state index contributed by atoms with van der Waals surface area (Å²) in [6, 6.07) is 15.3. The van der Waals surface area contributed by atoms with Gasteiger partial charge in [0.05, 0.1) is 24.8 Å². The van der Waals surface area contributed by atoms with Crippen LogP contribution in [0.3, 0.4) is 0 Å². The van der Waals surface area contributed by atoms with E-state index in [9.17, 15) is 4.79 Å². The fourth-order valence-electron chi connectivity index (χ4n) is 3.44. The van der Waals surface area contributed by atoms with Crippen LogP contribution in [-0.4, -0.2) is 49.7 Å². The Kier molecular flexibility index (Phi) is 5.57. The molecule has 29 heavy (non-hydrogen) atoms. The molecule has 2 aromatic carbocycles. The Labute approximate surface area is 169 Å². The van der Waals surface area contributed by atoms with E-state index in [-0.39, 0.29) is 12.5 Å². The van der Waals surface area contributed by atoms with Crippen molar-refractivity contribution in [3.05, 3.63) is 54.1 Å².